The second kappa shape index (κ2) is 6.90. The van der Waals surface area contributed by atoms with Crippen LogP contribution in [-0.2, 0) is 21.6 Å². The number of aliphatic carboxylic acids is 1. The van der Waals surface area contributed by atoms with Crippen molar-refractivity contribution in [3.05, 3.63) is 0 Å². The maximum absolute atomic E-state index is 9.34. The Kier molecular flexibility index (Phi) is 13.5. The summed E-state index contributed by atoms with van der Waals surface area (Å²) in [6, 6.07) is 0. The molecule has 0 aromatic carbocycles. The molecule has 0 saturated carbocycles. The topological polar surface area (TPSA) is 96.9 Å². The third-order valence-electron chi connectivity index (χ3n) is 0.341. The second-order valence-corrected chi connectivity index (χ2v) is 0.995. The normalized spacial score (nSPS) is 10.2. The molecule has 0 saturated heterocycles. The number of aliphatic hydroxyl groups is 1. The average molecular weight is 166 g/mol. The fraction of sp³-hybridized carbons (Fsp3) is 0.667. The summed E-state index contributed by atoms with van der Waals surface area (Å²) >= 11 is 0. The van der Waals surface area contributed by atoms with Crippen LogP contribution in [0.1, 0.15) is 6.92 Å². The Bertz CT molecular complexity index is 65.5. The first-order chi connectivity index (χ1) is 2.64. The van der Waals surface area contributed by atoms with Crippen LogP contribution in [0.25, 0.3) is 0 Å². The molecule has 5 N–H and O–H groups in total. The third kappa shape index (κ3) is 9.31. The van der Waals surface area contributed by atoms with E-state index >= 15 is 0 Å². The van der Waals surface area contributed by atoms with Crippen molar-refractivity contribution in [3.8, 4) is 0 Å². The minimum atomic E-state index is -1.44. The first-order valence-corrected chi connectivity index (χ1v) is 1.53. The summed E-state index contributed by atoms with van der Waals surface area (Å²) in [5.41, 5.74) is 0. The van der Waals surface area contributed by atoms with Gasteiger partial charge in [-0.05, 0) is 6.92 Å². The van der Waals surface area contributed by atoms with Crippen LogP contribution >= 0.6 is 0 Å². The van der Waals surface area contributed by atoms with Crippen LogP contribution in [0.15, 0.2) is 0 Å². The van der Waals surface area contributed by atoms with Crippen LogP contribution in [0, 0.1) is 0 Å². The molecule has 0 amide bonds. The van der Waals surface area contributed by atoms with Crippen molar-refractivity contribution in [1.29, 1.82) is 0 Å². The van der Waals surface area contributed by atoms with E-state index in [1.807, 2.05) is 0 Å². The zero-order chi connectivity index (χ0) is 5.15. The number of carbonyl (C=O) groups excluding carboxylic acids is 1. The number of hydrogen-bond donors (Lipinski definition) is 2. The zero-order valence-electron chi connectivity index (χ0n) is 4.67. The van der Waals surface area contributed by atoms with Gasteiger partial charge in [-0.15, -0.1) is 0 Å². The van der Waals surface area contributed by atoms with E-state index in [-0.39, 0.29) is 22.9 Å². The maximum Gasteiger partial charge on any atom is 2.00 e. The fourth-order valence-corrected chi connectivity index (χ4v) is 0. The summed E-state index contributed by atoms with van der Waals surface area (Å²) < 4.78 is 0. The maximum atomic E-state index is 9.34. The van der Waals surface area contributed by atoms with Crippen molar-refractivity contribution in [2.75, 3.05) is 0 Å². The number of quaternary nitrogens is 1. The van der Waals surface area contributed by atoms with Gasteiger partial charge in [-0.3, -0.25) is 0 Å². The van der Waals surface area contributed by atoms with Gasteiger partial charge in [-0.25, -0.2) is 0 Å². The monoisotopic (exact) mass is 166 g/mol. The van der Waals surface area contributed by atoms with Crippen LogP contribution < -0.4 is 11.3 Å². The van der Waals surface area contributed by atoms with Crippen LogP contribution in [0.2, 0.25) is 0 Å². The number of hydrogen-bond acceptors (Lipinski definition) is 3. The second-order valence-electron chi connectivity index (χ2n) is 0.995. The molecule has 8 heavy (non-hydrogen) atoms. The Balaban J connectivity index is -0.000000125. The molecule has 0 bridgehead atoms. The first-order valence-electron chi connectivity index (χ1n) is 1.53. The number of rotatable bonds is 1. The van der Waals surface area contributed by atoms with Gasteiger partial charge in [0.05, 0.1) is 12.1 Å². The van der Waals surface area contributed by atoms with E-state index in [4.69, 9.17) is 5.11 Å². The van der Waals surface area contributed by atoms with Crippen molar-refractivity contribution in [2.45, 2.75) is 13.0 Å². The van der Waals surface area contributed by atoms with Crippen molar-refractivity contribution >= 4 is 5.97 Å². The Morgan fingerprint density at radius 3 is 1.88 bits per heavy atom. The Labute approximate surface area is 57.7 Å². The van der Waals surface area contributed by atoms with E-state index in [0.717, 1.165) is 6.92 Å². The van der Waals surface area contributed by atoms with E-state index < -0.39 is 12.1 Å². The summed E-state index contributed by atoms with van der Waals surface area (Å²) in [6.45, 7) is 1.13. The van der Waals surface area contributed by atoms with Crippen LogP contribution in [-0.4, -0.2) is 17.2 Å². The van der Waals surface area contributed by atoms with E-state index in [0.29, 0.717) is 0 Å². The van der Waals surface area contributed by atoms with Crippen molar-refractivity contribution in [3.63, 3.8) is 0 Å². The fourth-order valence-electron chi connectivity index (χ4n) is 0. The standard InChI is InChI=1S/C3H6O3.Co.H3N/c1-2(4)3(5)6;;/h2,4H,1H3,(H,5,6);;1H3/q;+2;. The summed E-state index contributed by atoms with van der Waals surface area (Å²) in [5, 5.41) is 17.3. The summed E-state index contributed by atoms with van der Waals surface area (Å²) in [4.78, 5) is 9.34. The number of aliphatic hydroxyl groups excluding tert-OH is 1. The smallest absolute Gasteiger partial charge is 0.547 e. The van der Waals surface area contributed by atoms with Crippen molar-refractivity contribution in [2.24, 2.45) is 0 Å². The average Bonchev–Trinajstić information content (AvgIpc) is 1.36. The molecule has 0 aromatic heterocycles. The quantitative estimate of drug-likeness (QED) is 0.495. The van der Waals surface area contributed by atoms with Crippen LogP contribution in [0.5, 0.6) is 0 Å². The predicted molar refractivity (Wildman–Crippen MR) is 22.7 cm³/mol. The molecule has 0 heterocycles. The molecule has 1 radical (unpaired) electrons. The first kappa shape index (κ1) is 15.7. The van der Waals surface area contributed by atoms with Gasteiger partial charge in [0.1, 0.15) is 0 Å². The number of carboxylic acids is 1. The molecule has 51 valence electrons. The van der Waals surface area contributed by atoms with Gasteiger partial charge in [0.15, 0.2) is 0 Å². The molecule has 0 rings (SSSR count). The summed E-state index contributed by atoms with van der Waals surface area (Å²) in [5.74, 6) is -1.44. The Morgan fingerprint density at radius 1 is 1.75 bits per heavy atom. The van der Waals surface area contributed by atoms with Crippen LogP contribution in [0.3, 0.4) is 0 Å². The van der Waals surface area contributed by atoms with Crippen molar-refractivity contribution in [1.82, 2.24) is 6.15 Å². The summed E-state index contributed by atoms with van der Waals surface area (Å²) in [7, 11) is 0. The molecule has 0 fully saturated rings. The van der Waals surface area contributed by atoms with Gasteiger partial charge in [0.25, 0.3) is 0 Å². The van der Waals surface area contributed by atoms with E-state index in [1.54, 1.807) is 0 Å². The largest absolute Gasteiger partial charge is 2.00 e. The van der Waals surface area contributed by atoms with Gasteiger partial charge in [0.2, 0.25) is 0 Å². The molecule has 1 atom stereocenters. The van der Waals surface area contributed by atoms with Gasteiger partial charge >= 0.3 is 16.8 Å². The van der Waals surface area contributed by atoms with Crippen molar-refractivity contribution < 1.29 is 31.8 Å². The predicted octanol–water partition coefficient (Wildman–Crippen LogP) is -1.51. The van der Waals surface area contributed by atoms with Gasteiger partial charge in [-0.2, -0.15) is 0 Å². The molecule has 0 spiro atoms. The Morgan fingerprint density at radius 2 is 1.88 bits per heavy atom. The Hall–Kier alpha value is -0.104. The van der Waals surface area contributed by atoms with Gasteiger partial charge in [0, 0.05) is 0 Å². The van der Waals surface area contributed by atoms with Gasteiger partial charge in [-0.1, -0.05) is 0 Å². The molecular formula is C3H9CoNO3+2. The molecular weight excluding hydrogens is 157 g/mol. The molecule has 0 aliphatic heterocycles. The molecule has 5 heteroatoms. The van der Waals surface area contributed by atoms with E-state index in [2.05, 4.69) is 0 Å². The van der Waals surface area contributed by atoms with E-state index in [9.17, 15) is 9.90 Å². The minimum absolute atomic E-state index is 0. The van der Waals surface area contributed by atoms with Gasteiger partial charge < -0.3 is 21.2 Å². The number of carbonyl (C=O) groups is 1. The minimum Gasteiger partial charge on any atom is -0.547 e. The third-order valence-corrected chi connectivity index (χ3v) is 0.341. The molecule has 1 unspecified atom stereocenters. The number of carboxylic acid groups (broad SMARTS) is 1. The molecule has 0 aromatic rings. The SMILES string of the molecule is CC(O)C(=O)[O-].[Co+2].[NH4+]. The molecule has 0 aliphatic carbocycles. The van der Waals surface area contributed by atoms with Crippen LogP contribution in [0.4, 0.5) is 0 Å². The zero-order valence-corrected chi connectivity index (χ0v) is 5.72. The molecule has 4 nitrogen and oxygen atoms in total. The summed E-state index contributed by atoms with van der Waals surface area (Å²) in [6.07, 6.45) is -1.34. The van der Waals surface area contributed by atoms with E-state index in [1.165, 1.54) is 0 Å². The molecule has 0 aliphatic rings.